The van der Waals surface area contributed by atoms with Gasteiger partial charge in [0.1, 0.15) is 5.76 Å². The molecule has 8 nitrogen and oxygen atoms in total. The lowest BCUT2D eigenvalue weighted by atomic mass is 9.95. The molecule has 4 heterocycles. The predicted octanol–water partition coefficient (Wildman–Crippen LogP) is 4.21. The molecule has 200 valence electrons. The highest BCUT2D eigenvalue weighted by Crippen LogP contribution is 2.33. The largest absolute Gasteiger partial charge is 0.463 e. The minimum absolute atomic E-state index is 0.225. The summed E-state index contributed by atoms with van der Waals surface area (Å²) < 4.78 is 14.5. The zero-order valence-corrected chi connectivity index (χ0v) is 24.4. The molecule has 2 aliphatic heterocycles. The number of ether oxygens (including phenoxy) is 1. The number of esters is 1. The summed E-state index contributed by atoms with van der Waals surface area (Å²) in [6.45, 7) is 5.70. The van der Waals surface area contributed by atoms with Crippen LogP contribution in [0.3, 0.4) is 0 Å². The predicted molar refractivity (Wildman–Crippen MR) is 154 cm³/mol. The number of hydrogen-bond donors (Lipinski definition) is 0. The first-order chi connectivity index (χ1) is 18.3. The Bertz CT molecular complexity index is 1560. The molecule has 38 heavy (non-hydrogen) atoms. The molecule has 1 fully saturated rings. The van der Waals surface area contributed by atoms with Gasteiger partial charge in [-0.2, -0.15) is 0 Å². The standard InChI is InChI=1S/C28H31BrN4O4S/c1-5-36-27(35)23-17(2)30-28-33(24(23)18-9-11-19(12-10-18)31(3)4)25(34)22(38-28)16-20-15-21(29)26(37-20)32-13-7-6-8-14-32/h9-12,15-16,24H,5-8,13-14H2,1-4H3/b22-16+/t24-/m1/s1. The first kappa shape index (κ1) is 26.5. The topological polar surface area (TPSA) is 80.3 Å². The molecular formula is C28H31BrN4O4S. The Morgan fingerprint density at radius 1 is 1.24 bits per heavy atom. The van der Waals surface area contributed by atoms with Gasteiger partial charge in [-0.15, -0.1) is 0 Å². The summed E-state index contributed by atoms with van der Waals surface area (Å²) in [4.78, 5) is 36.4. The number of rotatable bonds is 6. The molecule has 3 aromatic rings. The van der Waals surface area contributed by atoms with E-state index in [1.807, 2.05) is 49.3 Å². The van der Waals surface area contributed by atoms with Crippen LogP contribution in [0.4, 0.5) is 11.6 Å². The van der Waals surface area contributed by atoms with Crippen molar-refractivity contribution in [1.82, 2.24) is 4.57 Å². The molecule has 0 spiro atoms. The molecule has 0 unspecified atom stereocenters. The summed E-state index contributed by atoms with van der Waals surface area (Å²) in [5.41, 5.74) is 2.53. The molecule has 0 aliphatic carbocycles. The van der Waals surface area contributed by atoms with Crippen LogP contribution in [0.2, 0.25) is 0 Å². The molecule has 0 saturated carbocycles. The number of carbonyl (C=O) groups is 1. The van der Waals surface area contributed by atoms with Gasteiger partial charge < -0.3 is 19.0 Å². The summed E-state index contributed by atoms with van der Waals surface area (Å²) in [6.07, 6.45) is 5.27. The van der Waals surface area contributed by atoms with Crippen molar-refractivity contribution in [3.63, 3.8) is 0 Å². The number of nitrogens with zero attached hydrogens (tertiary/aromatic N) is 4. The van der Waals surface area contributed by atoms with E-state index in [1.54, 1.807) is 24.5 Å². The molecule has 0 amide bonds. The van der Waals surface area contributed by atoms with Gasteiger partial charge in [0.05, 0.1) is 32.9 Å². The molecule has 1 atom stereocenters. The van der Waals surface area contributed by atoms with Crippen molar-refractivity contribution in [3.8, 4) is 0 Å². The van der Waals surface area contributed by atoms with Gasteiger partial charge in [0.15, 0.2) is 4.80 Å². The molecule has 0 radical (unpaired) electrons. The number of allylic oxidation sites excluding steroid dienone is 1. The first-order valence-corrected chi connectivity index (χ1v) is 14.4. The Balaban J connectivity index is 1.62. The van der Waals surface area contributed by atoms with Crippen LogP contribution in [0.5, 0.6) is 0 Å². The zero-order valence-electron chi connectivity index (χ0n) is 22.0. The van der Waals surface area contributed by atoms with E-state index in [-0.39, 0.29) is 12.2 Å². The van der Waals surface area contributed by atoms with Crippen LogP contribution < -0.4 is 24.7 Å². The molecule has 0 N–H and O–H groups in total. The van der Waals surface area contributed by atoms with Gasteiger partial charge in [0, 0.05) is 45.0 Å². The number of aromatic nitrogens is 1. The lowest BCUT2D eigenvalue weighted by molar-refractivity contribution is -0.139. The van der Waals surface area contributed by atoms with E-state index in [4.69, 9.17) is 9.15 Å². The molecule has 5 rings (SSSR count). The number of furan rings is 1. The minimum atomic E-state index is -0.643. The second-order valence-electron chi connectivity index (χ2n) is 9.64. The average Bonchev–Trinajstić information content (AvgIpc) is 3.42. The Kier molecular flexibility index (Phi) is 7.63. The normalized spacial score (nSPS) is 17.9. The van der Waals surface area contributed by atoms with Gasteiger partial charge in [-0.05, 0) is 66.7 Å². The third-order valence-corrected chi connectivity index (χ3v) is 8.40. The van der Waals surface area contributed by atoms with E-state index in [0.29, 0.717) is 26.4 Å². The molecular weight excluding hydrogens is 568 g/mol. The van der Waals surface area contributed by atoms with E-state index in [0.717, 1.165) is 47.5 Å². The first-order valence-electron chi connectivity index (χ1n) is 12.8. The van der Waals surface area contributed by atoms with Crippen molar-refractivity contribution >= 4 is 50.9 Å². The van der Waals surface area contributed by atoms with Gasteiger partial charge in [-0.3, -0.25) is 9.36 Å². The van der Waals surface area contributed by atoms with Gasteiger partial charge in [0.2, 0.25) is 5.88 Å². The van der Waals surface area contributed by atoms with Crippen LogP contribution >= 0.6 is 27.3 Å². The lowest BCUT2D eigenvalue weighted by Gasteiger charge is -2.26. The summed E-state index contributed by atoms with van der Waals surface area (Å²) in [5.74, 6) is 0.921. The number of thiazole rings is 1. The fourth-order valence-corrected chi connectivity index (χ4v) is 6.54. The highest BCUT2D eigenvalue weighted by atomic mass is 79.9. The van der Waals surface area contributed by atoms with Gasteiger partial charge in [-0.25, -0.2) is 9.79 Å². The number of carbonyl (C=O) groups excluding carboxylic acids is 1. The fourth-order valence-electron chi connectivity index (χ4n) is 4.95. The highest BCUT2D eigenvalue weighted by molar-refractivity contribution is 9.10. The monoisotopic (exact) mass is 598 g/mol. The third kappa shape index (κ3) is 4.99. The Morgan fingerprint density at radius 3 is 2.61 bits per heavy atom. The van der Waals surface area contributed by atoms with Crippen LogP contribution in [-0.4, -0.2) is 44.3 Å². The maximum absolute atomic E-state index is 13.8. The molecule has 2 aliphatic rings. The Labute approximate surface area is 233 Å². The average molecular weight is 600 g/mol. The third-order valence-electron chi connectivity index (χ3n) is 6.85. The summed E-state index contributed by atoms with van der Waals surface area (Å²) >= 11 is 4.92. The van der Waals surface area contributed by atoms with Crippen molar-refractivity contribution in [2.45, 2.75) is 39.2 Å². The number of piperidine rings is 1. The van der Waals surface area contributed by atoms with Gasteiger partial charge in [-0.1, -0.05) is 23.5 Å². The van der Waals surface area contributed by atoms with Crippen LogP contribution in [-0.2, 0) is 9.53 Å². The van der Waals surface area contributed by atoms with Crippen molar-refractivity contribution in [2.75, 3.05) is 43.6 Å². The van der Waals surface area contributed by atoms with E-state index >= 15 is 0 Å². The summed E-state index contributed by atoms with van der Waals surface area (Å²) in [5, 5.41) is 0. The van der Waals surface area contributed by atoms with Crippen LogP contribution in [0, 0.1) is 0 Å². The van der Waals surface area contributed by atoms with E-state index in [1.165, 1.54) is 17.8 Å². The number of anilines is 2. The highest BCUT2D eigenvalue weighted by Gasteiger charge is 2.33. The summed E-state index contributed by atoms with van der Waals surface area (Å²) in [7, 11) is 3.94. The van der Waals surface area contributed by atoms with E-state index in [2.05, 4.69) is 25.8 Å². The lowest BCUT2D eigenvalue weighted by Crippen LogP contribution is -2.39. The Morgan fingerprint density at radius 2 is 1.95 bits per heavy atom. The molecule has 2 aromatic heterocycles. The Hall–Kier alpha value is -3.11. The molecule has 10 heteroatoms. The van der Waals surface area contributed by atoms with Crippen molar-refractivity contribution < 1.29 is 13.9 Å². The number of hydrogen-bond acceptors (Lipinski definition) is 8. The fraction of sp³-hybridized carbons (Fsp3) is 0.393. The van der Waals surface area contributed by atoms with Gasteiger partial charge >= 0.3 is 5.97 Å². The van der Waals surface area contributed by atoms with Gasteiger partial charge in [0.25, 0.3) is 5.56 Å². The maximum Gasteiger partial charge on any atom is 0.338 e. The van der Waals surface area contributed by atoms with Crippen LogP contribution in [0.1, 0.15) is 50.5 Å². The van der Waals surface area contributed by atoms with Crippen LogP contribution in [0.25, 0.3) is 6.08 Å². The number of halogens is 1. The summed E-state index contributed by atoms with van der Waals surface area (Å²) in [6, 6.07) is 9.11. The smallest absolute Gasteiger partial charge is 0.338 e. The van der Waals surface area contributed by atoms with Crippen molar-refractivity contribution in [2.24, 2.45) is 4.99 Å². The number of benzene rings is 1. The molecule has 1 aromatic carbocycles. The molecule has 1 saturated heterocycles. The SMILES string of the molecule is CCOC(=O)C1=C(C)N=c2s/c(=C/c3cc(Br)c(N4CCCCC4)o3)c(=O)n2[C@@H]1c1ccc(N(C)C)cc1. The zero-order chi connectivity index (χ0) is 27.0. The minimum Gasteiger partial charge on any atom is -0.463 e. The van der Waals surface area contributed by atoms with E-state index < -0.39 is 12.0 Å². The van der Waals surface area contributed by atoms with Crippen LogP contribution in [0.15, 0.2) is 60.3 Å². The van der Waals surface area contributed by atoms with Crippen molar-refractivity contribution in [1.29, 1.82) is 0 Å². The van der Waals surface area contributed by atoms with Crippen molar-refractivity contribution in [3.05, 3.63) is 77.1 Å². The molecule has 0 bridgehead atoms. The quantitative estimate of drug-likeness (QED) is 0.395. The maximum atomic E-state index is 13.8. The number of fused-ring (bicyclic) bond motifs is 1. The second-order valence-corrected chi connectivity index (χ2v) is 11.5. The second kappa shape index (κ2) is 10.9. The van der Waals surface area contributed by atoms with E-state index in [9.17, 15) is 9.59 Å².